The molecule has 5 nitrogen and oxygen atoms in total. The van der Waals surface area contributed by atoms with E-state index < -0.39 is 0 Å². The third kappa shape index (κ3) is 6.37. The van der Waals surface area contributed by atoms with Gasteiger partial charge < -0.3 is 15.4 Å². The summed E-state index contributed by atoms with van der Waals surface area (Å²) in [5, 5.41) is 7.71. The molecule has 132 valence electrons. The maximum atomic E-state index is 5.24. The Labute approximate surface area is 165 Å². The predicted octanol–water partition coefficient (Wildman–Crippen LogP) is 3.34. The molecule has 24 heavy (non-hydrogen) atoms. The molecule has 0 saturated heterocycles. The average molecular weight is 460 g/mol. The maximum absolute atomic E-state index is 5.24. The lowest BCUT2D eigenvalue weighted by Gasteiger charge is -2.13. The summed E-state index contributed by atoms with van der Waals surface area (Å²) >= 11 is 1.74. The number of rotatable bonds is 7. The van der Waals surface area contributed by atoms with E-state index in [1.165, 1.54) is 16.0 Å². The molecule has 1 aromatic carbocycles. The van der Waals surface area contributed by atoms with Crippen LogP contribution in [0.25, 0.3) is 0 Å². The van der Waals surface area contributed by atoms with Gasteiger partial charge in [0.1, 0.15) is 5.01 Å². The number of hydrogen-bond acceptors (Lipinski definition) is 4. The van der Waals surface area contributed by atoms with E-state index in [-0.39, 0.29) is 24.0 Å². The number of nitrogens with zero attached hydrogens (tertiary/aromatic N) is 2. The normalized spacial score (nSPS) is 11.0. The van der Waals surface area contributed by atoms with Crippen molar-refractivity contribution in [1.82, 2.24) is 15.6 Å². The van der Waals surface area contributed by atoms with Gasteiger partial charge in [0.05, 0.1) is 13.2 Å². The van der Waals surface area contributed by atoms with Crippen molar-refractivity contribution < 1.29 is 4.74 Å². The highest BCUT2D eigenvalue weighted by atomic mass is 127. The third-order valence-corrected chi connectivity index (χ3v) is 4.59. The maximum Gasteiger partial charge on any atom is 0.191 e. The molecule has 0 aliphatic heterocycles. The molecule has 0 amide bonds. The SMILES string of the molecule is CCc1cnc(CNC(=NC)NCc2ccccc2COC)s1.I. The van der Waals surface area contributed by atoms with Gasteiger partial charge in [0.15, 0.2) is 5.96 Å². The molecule has 0 aliphatic carbocycles. The van der Waals surface area contributed by atoms with Crippen LogP contribution in [0.15, 0.2) is 35.5 Å². The first-order chi connectivity index (χ1) is 11.3. The van der Waals surface area contributed by atoms with E-state index in [2.05, 4.69) is 39.7 Å². The first-order valence-corrected chi connectivity index (χ1v) is 8.52. The molecule has 1 aromatic heterocycles. The smallest absolute Gasteiger partial charge is 0.191 e. The molecule has 0 unspecified atom stereocenters. The molecule has 0 saturated carbocycles. The van der Waals surface area contributed by atoms with Crippen molar-refractivity contribution in [3.05, 3.63) is 51.5 Å². The van der Waals surface area contributed by atoms with Gasteiger partial charge in [-0.2, -0.15) is 0 Å². The molecule has 0 radical (unpaired) electrons. The number of hydrogen-bond donors (Lipinski definition) is 2. The Morgan fingerprint density at radius 2 is 1.92 bits per heavy atom. The lowest BCUT2D eigenvalue weighted by molar-refractivity contribution is 0.184. The molecule has 1 heterocycles. The van der Waals surface area contributed by atoms with Gasteiger partial charge >= 0.3 is 0 Å². The van der Waals surface area contributed by atoms with Crippen molar-refractivity contribution in [2.75, 3.05) is 14.2 Å². The largest absolute Gasteiger partial charge is 0.380 e. The van der Waals surface area contributed by atoms with Crippen molar-refractivity contribution in [2.24, 2.45) is 4.99 Å². The molecule has 0 bridgehead atoms. The first kappa shape index (κ1) is 20.9. The number of aliphatic imine (C=N–C) groups is 1. The highest BCUT2D eigenvalue weighted by molar-refractivity contribution is 14.0. The van der Waals surface area contributed by atoms with Crippen molar-refractivity contribution in [3.8, 4) is 0 Å². The molecule has 2 N–H and O–H groups in total. The van der Waals surface area contributed by atoms with E-state index in [9.17, 15) is 0 Å². The second kappa shape index (κ2) is 11.4. The number of methoxy groups -OCH3 is 1. The van der Waals surface area contributed by atoms with Crippen LogP contribution in [0.2, 0.25) is 0 Å². The molecule has 7 heteroatoms. The van der Waals surface area contributed by atoms with Crippen LogP contribution in [0.1, 0.15) is 27.9 Å². The van der Waals surface area contributed by atoms with Gasteiger partial charge in [0, 0.05) is 31.8 Å². The predicted molar refractivity (Wildman–Crippen MR) is 111 cm³/mol. The molecule has 0 aliphatic rings. The molecular formula is C17H25IN4OS. The zero-order valence-electron chi connectivity index (χ0n) is 14.3. The number of benzene rings is 1. The van der Waals surface area contributed by atoms with Crippen LogP contribution in [0.5, 0.6) is 0 Å². The van der Waals surface area contributed by atoms with Crippen molar-refractivity contribution >= 4 is 41.3 Å². The fourth-order valence-corrected chi connectivity index (χ4v) is 2.98. The minimum Gasteiger partial charge on any atom is -0.380 e. The zero-order chi connectivity index (χ0) is 16.5. The third-order valence-electron chi connectivity index (χ3n) is 3.45. The molecule has 2 aromatic rings. The fourth-order valence-electron chi connectivity index (χ4n) is 2.18. The minimum atomic E-state index is 0. The van der Waals surface area contributed by atoms with Gasteiger partial charge in [0.2, 0.25) is 0 Å². The second-order valence-corrected chi connectivity index (χ2v) is 6.25. The number of halogens is 1. The summed E-state index contributed by atoms with van der Waals surface area (Å²) in [5.41, 5.74) is 2.39. The van der Waals surface area contributed by atoms with E-state index in [1.54, 1.807) is 25.5 Å². The molecule has 0 spiro atoms. The van der Waals surface area contributed by atoms with Crippen LogP contribution in [-0.2, 0) is 30.9 Å². The van der Waals surface area contributed by atoms with Gasteiger partial charge in [-0.3, -0.25) is 4.99 Å². The van der Waals surface area contributed by atoms with Gasteiger partial charge in [-0.1, -0.05) is 31.2 Å². The fraction of sp³-hybridized carbons (Fsp3) is 0.412. The molecule has 2 rings (SSSR count). The second-order valence-electron chi connectivity index (χ2n) is 5.05. The Bertz CT molecular complexity index is 645. The standard InChI is InChI=1S/C17H24N4OS.HI/c1-4-15-10-19-16(23-15)11-21-17(18-2)20-9-13-7-5-6-8-14(13)12-22-3;/h5-8,10H,4,9,11-12H2,1-3H3,(H2,18,20,21);1H. The highest BCUT2D eigenvalue weighted by Crippen LogP contribution is 2.13. The Morgan fingerprint density at radius 1 is 1.21 bits per heavy atom. The van der Waals surface area contributed by atoms with Gasteiger partial charge in [-0.05, 0) is 17.5 Å². The van der Waals surface area contributed by atoms with E-state index in [0.29, 0.717) is 19.7 Å². The van der Waals surface area contributed by atoms with Crippen molar-refractivity contribution in [3.63, 3.8) is 0 Å². The van der Waals surface area contributed by atoms with Gasteiger partial charge in [-0.15, -0.1) is 35.3 Å². The lowest BCUT2D eigenvalue weighted by atomic mass is 10.1. The molecule has 0 fully saturated rings. The summed E-state index contributed by atoms with van der Waals surface area (Å²) in [5.74, 6) is 0.769. The zero-order valence-corrected chi connectivity index (χ0v) is 17.5. The average Bonchev–Trinajstić information content (AvgIpc) is 3.04. The van der Waals surface area contributed by atoms with Gasteiger partial charge in [-0.25, -0.2) is 4.98 Å². The summed E-state index contributed by atoms with van der Waals surface area (Å²) in [4.78, 5) is 9.97. The molecular weight excluding hydrogens is 435 g/mol. The monoisotopic (exact) mass is 460 g/mol. The van der Waals surface area contributed by atoms with Crippen LogP contribution < -0.4 is 10.6 Å². The summed E-state index contributed by atoms with van der Waals surface area (Å²) < 4.78 is 5.24. The van der Waals surface area contributed by atoms with Crippen LogP contribution in [0.4, 0.5) is 0 Å². The summed E-state index contributed by atoms with van der Waals surface area (Å²) in [6, 6.07) is 8.24. The number of aryl methyl sites for hydroxylation is 1. The number of thiazole rings is 1. The number of aromatic nitrogens is 1. The Hall–Kier alpha value is -1.19. The topological polar surface area (TPSA) is 58.5 Å². The number of ether oxygens (including phenoxy) is 1. The quantitative estimate of drug-likeness (QED) is 0.378. The summed E-state index contributed by atoms with van der Waals surface area (Å²) in [6.45, 7) is 4.15. The summed E-state index contributed by atoms with van der Waals surface area (Å²) in [7, 11) is 3.49. The Kier molecular flexibility index (Phi) is 9.89. The van der Waals surface area contributed by atoms with Crippen LogP contribution in [-0.4, -0.2) is 25.1 Å². The van der Waals surface area contributed by atoms with E-state index >= 15 is 0 Å². The molecule has 0 atom stereocenters. The highest BCUT2D eigenvalue weighted by Gasteiger charge is 2.05. The van der Waals surface area contributed by atoms with Crippen LogP contribution in [0, 0.1) is 0 Å². The van der Waals surface area contributed by atoms with E-state index in [0.717, 1.165) is 17.4 Å². The Balaban J connectivity index is 0.00000288. The van der Waals surface area contributed by atoms with E-state index in [1.807, 2.05) is 18.3 Å². The van der Waals surface area contributed by atoms with Crippen molar-refractivity contribution in [2.45, 2.75) is 33.0 Å². The minimum absolute atomic E-state index is 0. The lowest BCUT2D eigenvalue weighted by Crippen LogP contribution is -2.36. The number of nitrogens with one attached hydrogen (secondary N) is 2. The van der Waals surface area contributed by atoms with Crippen LogP contribution in [0.3, 0.4) is 0 Å². The van der Waals surface area contributed by atoms with Crippen LogP contribution >= 0.6 is 35.3 Å². The summed E-state index contributed by atoms with van der Waals surface area (Å²) in [6.07, 6.45) is 2.97. The Morgan fingerprint density at radius 3 is 2.54 bits per heavy atom. The number of guanidine groups is 1. The first-order valence-electron chi connectivity index (χ1n) is 7.70. The van der Waals surface area contributed by atoms with Gasteiger partial charge in [0.25, 0.3) is 0 Å². The van der Waals surface area contributed by atoms with Crippen molar-refractivity contribution in [1.29, 1.82) is 0 Å². The van der Waals surface area contributed by atoms with E-state index in [4.69, 9.17) is 4.74 Å².